The Hall–Kier alpha value is -2.13. The van der Waals surface area contributed by atoms with E-state index in [-0.39, 0.29) is 16.6 Å². The molecule has 0 radical (unpaired) electrons. The first kappa shape index (κ1) is 21.1. The van der Waals surface area contributed by atoms with Crippen LogP contribution in [0.15, 0.2) is 52.2 Å². The third-order valence-corrected chi connectivity index (χ3v) is 7.55. The number of nitrogens with one attached hydrogen (secondary N) is 1. The van der Waals surface area contributed by atoms with E-state index in [1.165, 1.54) is 14.7 Å². The summed E-state index contributed by atoms with van der Waals surface area (Å²) in [5.41, 5.74) is 2.32. The fourth-order valence-corrected chi connectivity index (χ4v) is 5.45. The lowest BCUT2D eigenvalue weighted by Crippen LogP contribution is -2.44. The third-order valence-electron chi connectivity index (χ3n) is 5.78. The number of benzene rings is 2. The lowest BCUT2D eigenvalue weighted by atomic mass is 10.1. The predicted molar refractivity (Wildman–Crippen MR) is 118 cm³/mol. The molecule has 0 spiro atoms. The van der Waals surface area contributed by atoms with Gasteiger partial charge >= 0.3 is 5.69 Å². The first-order valence-electron chi connectivity index (χ1n) is 9.89. The van der Waals surface area contributed by atoms with Gasteiger partial charge in [-0.2, -0.15) is 0 Å². The molecule has 0 bridgehead atoms. The molecule has 30 heavy (non-hydrogen) atoms. The fourth-order valence-electron chi connectivity index (χ4n) is 4.00. The number of aryl methyl sites for hydroxylation is 2. The number of sulfonamides is 1. The molecule has 3 aromatic rings. The number of aromatic nitrogens is 2. The Labute approximate surface area is 180 Å². The quantitative estimate of drug-likeness (QED) is 0.650. The normalized spacial score (nSPS) is 16.4. The van der Waals surface area contributed by atoms with Gasteiger partial charge in [-0.05, 0) is 48.7 Å². The van der Waals surface area contributed by atoms with Gasteiger partial charge in [0.2, 0.25) is 10.0 Å². The lowest BCUT2D eigenvalue weighted by Gasteiger charge is -2.32. The summed E-state index contributed by atoms with van der Waals surface area (Å²) in [5, 5.41) is 0.723. The summed E-state index contributed by atoms with van der Waals surface area (Å²) in [4.78, 5) is 14.6. The van der Waals surface area contributed by atoms with Gasteiger partial charge < -0.3 is 0 Å². The maximum absolute atomic E-state index is 12.9. The Balaban J connectivity index is 1.42. The molecule has 2 aromatic carbocycles. The molecule has 4 rings (SSSR count). The van der Waals surface area contributed by atoms with Gasteiger partial charge in [0.25, 0.3) is 0 Å². The van der Waals surface area contributed by atoms with E-state index in [1.54, 1.807) is 32.3 Å². The van der Waals surface area contributed by atoms with Gasteiger partial charge in [-0.25, -0.2) is 17.9 Å². The average molecular weight is 449 g/mol. The number of piperidine rings is 1. The maximum atomic E-state index is 12.9. The van der Waals surface area contributed by atoms with Gasteiger partial charge in [0.15, 0.2) is 0 Å². The van der Waals surface area contributed by atoms with Crippen molar-refractivity contribution >= 4 is 32.7 Å². The summed E-state index contributed by atoms with van der Waals surface area (Å²) in [5.74, 6) is 0. The van der Waals surface area contributed by atoms with Crippen molar-refractivity contribution in [3.05, 3.63) is 63.5 Å². The summed E-state index contributed by atoms with van der Waals surface area (Å²) in [7, 11) is -0.341. The van der Waals surface area contributed by atoms with E-state index in [0.717, 1.165) is 37.5 Å². The van der Waals surface area contributed by atoms with Crippen LogP contribution < -0.4 is 10.4 Å². The summed E-state index contributed by atoms with van der Waals surface area (Å²) in [6, 6.07) is 12.5. The number of imidazole rings is 1. The molecule has 7 nitrogen and oxygen atoms in total. The molecule has 0 aliphatic carbocycles. The van der Waals surface area contributed by atoms with Gasteiger partial charge in [-0.1, -0.05) is 23.7 Å². The topological polar surface area (TPSA) is 76.3 Å². The van der Waals surface area contributed by atoms with Crippen LogP contribution in [0.5, 0.6) is 0 Å². The second kappa shape index (κ2) is 8.19. The van der Waals surface area contributed by atoms with E-state index in [4.69, 9.17) is 11.6 Å². The highest BCUT2D eigenvalue weighted by molar-refractivity contribution is 7.89. The molecule has 0 unspecified atom stereocenters. The number of nitrogens with zero attached hydrogens (tertiary/aromatic N) is 3. The van der Waals surface area contributed by atoms with Crippen LogP contribution in [-0.2, 0) is 30.7 Å². The van der Waals surface area contributed by atoms with Crippen molar-refractivity contribution in [3.8, 4) is 0 Å². The molecule has 1 aliphatic heterocycles. The average Bonchev–Trinajstić information content (AvgIpc) is 2.95. The molecule has 0 atom stereocenters. The Morgan fingerprint density at radius 1 is 1.00 bits per heavy atom. The van der Waals surface area contributed by atoms with Gasteiger partial charge in [-0.15, -0.1) is 0 Å². The number of fused-ring (bicyclic) bond motifs is 1. The first-order chi connectivity index (χ1) is 14.2. The van der Waals surface area contributed by atoms with Gasteiger partial charge in [0.1, 0.15) is 0 Å². The van der Waals surface area contributed by atoms with E-state index in [0.29, 0.717) is 11.0 Å². The second-order valence-electron chi connectivity index (χ2n) is 7.85. The highest BCUT2D eigenvalue weighted by atomic mass is 35.5. The van der Waals surface area contributed by atoms with Crippen LogP contribution in [0, 0.1) is 0 Å². The largest absolute Gasteiger partial charge is 0.328 e. The summed E-state index contributed by atoms with van der Waals surface area (Å²) < 4.78 is 31.7. The van der Waals surface area contributed by atoms with Crippen LogP contribution in [0.1, 0.15) is 18.4 Å². The SMILES string of the molecule is Cn1c(=O)n(C)c2cc(S(=O)(=O)NC3CCN(Cc4ccc(Cl)cc4)CC3)ccc21. The van der Waals surface area contributed by atoms with Crippen molar-refractivity contribution in [3.63, 3.8) is 0 Å². The number of halogens is 1. The zero-order valence-corrected chi connectivity index (χ0v) is 18.6. The molecule has 9 heteroatoms. The van der Waals surface area contributed by atoms with Crippen molar-refractivity contribution in [2.75, 3.05) is 13.1 Å². The standard InChI is InChI=1S/C21H25ClN4O3S/c1-24-19-8-7-18(13-20(19)25(2)21(24)27)30(28,29)23-17-9-11-26(12-10-17)14-15-3-5-16(22)6-4-15/h3-8,13,17,23H,9-12,14H2,1-2H3. The molecular formula is C21H25ClN4O3S. The lowest BCUT2D eigenvalue weighted by molar-refractivity contribution is 0.200. The molecule has 0 saturated carbocycles. The monoisotopic (exact) mass is 448 g/mol. The van der Waals surface area contributed by atoms with Crippen LogP contribution in [0.2, 0.25) is 5.02 Å². The minimum Gasteiger partial charge on any atom is -0.299 e. The number of rotatable bonds is 5. The summed E-state index contributed by atoms with van der Waals surface area (Å²) in [6.45, 7) is 2.47. The van der Waals surface area contributed by atoms with Crippen LogP contribution in [0.3, 0.4) is 0 Å². The summed E-state index contributed by atoms with van der Waals surface area (Å²) >= 11 is 5.94. The first-order valence-corrected chi connectivity index (χ1v) is 11.8. The van der Waals surface area contributed by atoms with Crippen molar-refractivity contribution < 1.29 is 8.42 Å². The maximum Gasteiger partial charge on any atom is 0.328 e. The van der Waals surface area contributed by atoms with Crippen molar-refractivity contribution in [1.82, 2.24) is 18.8 Å². The smallest absolute Gasteiger partial charge is 0.299 e. The molecule has 1 fully saturated rings. The number of hydrogen-bond donors (Lipinski definition) is 1. The molecule has 0 amide bonds. The van der Waals surface area contributed by atoms with E-state index in [1.807, 2.05) is 24.3 Å². The Kier molecular flexibility index (Phi) is 5.76. The third kappa shape index (κ3) is 4.18. The molecule has 1 aromatic heterocycles. The van der Waals surface area contributed by atoms with E-state index >= 15 is 0 Å². The van der Waals surface area contributed by atoms with Gasteiger partial charge in [-0.3, -0.25) is 14.0 Å². The molecule has 1 N–H and O–H groups in total. The van der Waals surface area contributed by atoms with Crippen LogP contribution in [0.25, 0.3) is 11.0 Å². The molecule has 2 heterocycles. The zero-order chi connectivity index (χ0) is 21.5. The highest BCUT2D eigenvalue weighted by Gasteiger charge is 2.25. The molecule has 1 saturated heterocycles. The van der Waals surface area contributed by atoms with E-state index in [9.17, 15) is 13.2 Å². The van der Waals surface area contributed by atoms with Gasteiger partial charge in [0.05, 0.1) is 15.9 Å². The fraction of sp³-hybridized carbons (Fsp3) is 0.381. The minimum atomic E-state index is -3.66. The van der Waals surface area contributed by atoms with E-state index < -0.39 is 10.0 Å². The zero-order valence-electron chi connectivity index (χ0n) is 17.0. The Morgan fingerprint density at radius 2 is 1.63 bits per heavy atom. The highest BCUT2D eigenvalue weighted by Crippen LogP contribution is 2.21. The molecule has 160 valence electrons. The van der Waals surface area contributed by atoms with Crippen molar-refractivity contribution in [2.45, 2.75) is 30.3 Å². The Morgan fingerprint density at radius 3 is 2.30 bits per heavy atom. The van der Waals surface area contributed by atoms with Crippen LogP contribution in [-0.4, -0.2) is 41.6 Å². The summed E-state index contributed by atoms with van der Waals surface area (Å²) in [6.07, 6.45) is 1.50. The van der Waals surface area contributed by atoms with Crippen LogP contribution >= 0.6 is 11.6 Å². The predicted octanol–water partition coefficient (Wildman–Crippen LogP) is 2.47. The van der Waals surface area contributed by atoms with Crippen LogP contribution in [0.4, 0.5) is 0 Å². The van der Waals surface area contributed by atoms with Crippen molar-refractivity contribution in [2.24, 2.45) is 14.1 Å². The van der Waals surface area contributed by atoms with Crippen molar-refractivity contribution in [1.29, 1.82) is 0 Å². The Bertz CT molecular complexity index is 1220. The second-order valence-corrected chi connectivity index (χ2v) is 10.00. The number of hydrogen-bond acceptors (Lipinski definition) is 4. The molecular weight excluding hydrogens is 424 g/mol. The van der Waals surface area contributed by atoms with E-state index in [2.05, 4.69) is 9.62 Å². The molecule has 1 aliphatic rings. The minimum absolute atomic E-state index is 0.105. The number of likely N-dealkylation sites (tertiary alicyclic amines) is 1. The van der Waals surface area contributed by atoms with Gasteiger partial charge in [0, 0.05) is 44.8 Å².